The lowest BCUT2D eigenvalue weighted by molar-refractivity contribution is -0.177. The first-order valence-corrected chi connectivity index (χ1v) is 10.1. The van der Waals surface area contributed by atoms with E-state index in [-0.39, 0.29) is 22.4 Å². The van der Waals surface area contributed by atoms with Crippen LogP contribution < -0.4 is 0 Å². The smallest absolute Gasteiger partial charge is 0.303 e. The Morgan fingerprint density at radius 3 is 2.48 bits per heavy atom. The average Bonchev–Trinajstić information content (AvgIpc) is 2.79. The number of ketones is 1. The molecule has 6 atom stereocenters. The van der Waals surface area contributed by atoms with Crippen LogP contribution in [0.25, 0.3) is 0 Å². The van der Waals surface area contributed by atoms with Crippen LogP contribution in [0.3, 0.4) is 0 Å². The lowest BCUT2D eigenvalue weighted by Crippen LogP contribution is -2.55. The number of fused-ring (bicyclic) bond motifs is 5. The summed E-state index contributed by atoms with van der Waals surface area (Å²) in [6.07, 6.45) is 10.5. The third-order valence-electron chi connectivity index (χ3n) is 8.86. The van der Waals surface area contributed by atoms with Crippen LogP contribution in [0.4, 0.5) is 0 Å². The number of hydrogen-bond donors (Lipinski definition) is 0. The van der Waals surface area contributed by atoms with E-state index in [4.69, 9.17) is 4.74 Å². The first-order chi connectivity index (χ1) is 11.7. The number of allylic oxidation sites excluding steroid dienone is 1. The maximum absolute atomic E-state index is 11.9. The highest BCUT2D eigenvalue weighted by Gasteiger charge is 2.64. The second-order valence-corrected chi connectivity index (χ2v) is 9.79. The number of carbonyl (C=O) groups excluding carboxylic acids is 2. The van der Waals surface area contributed by atoms with E-state index in [1.807, 2.05) is 6.08 Å². The van der Waals surface area contributed by atoms with Crippen molar-refractivity contribution >= 4 is 11.8 Å². The fraction of sp³-hybridized carbons (Fsp3) is 0.818. The van der Waals surface area contributed by atoms with Crippen molar-refractivity contribution in [3.05, 3.63) is 11.6 Å². The summed E-state index contributed by atoms with van der Waals surface area (Å²) in [7, 11) is 0. The predicted octanol–water partition coefficient (Wildman–Crippen LogP) is 4.84. The number of esters is 1. The van der Waals surface area contributed by atoms with Gasteiger partial charge in [0.15, 0.2) is 5.78 Å². The zero-order valence-electron chi connectivity index (χ0n) is 16.2. The molecule has 3 fully saturated rings. The van der Waals surface area contributed by atoms with Gasteiger partial charge in [0.25, 0.3) is 0 Å². The minimum absolute atomic E-state index is 0.0991. The highest BCUT2D eigenvalue weighted by Crippen LogP contribution is 2.68. The van der Waals surface area contributed by atoms with Gasteiger partial charge in [-0.05, 0) is 81.1 Å². The summed E-state index contributed by atoms with van der Waals surface area (Å²) in [5, 5.41) is 0. The summed E-state index contributed by atoms with van der Waals surface area (Å²) in [5.41, 5.74) is 1.43. The number of hydrogen-bond acceptors (Lipinski definition) is 3. The highest BCUT2D eigenvalue weighted by molar-refractivity contribution is 5.91. The maximum Gasteiger partial charge on any atom is 0.303 e. The quantitative estimate of drug-likeness (QED) is 0.639. The molecular weight excluding hydrogens is 312 g/mol. The second-order valence-electron chi connectivity index (χ2n) is 9.79. The largest absolute Gasteiger partial charge is 0.459 e. The van der Waals surface area contributed by atoms with Gasteiger partial charge in [0.1, 0.15) is 5.60 Å². The Bertz CT molecular complexity index is 650. The maximum atomic E-state index is 11.9. The summed E-state index contributed by atoms with van der Waals surface area (Å²) < 4.78 is 5.90. The number of carbonyl (C=O) groups is 2. The molecule has 3 heteroatoms. The van der Waals surface area contributed by atoms with Crippen molar-refractivity contribution in [2.75, 3.05) is 0 Å². The third-order valence-corrected chi connectivity index (χ3v) is 8.86. The van der Waals surface area contributed by atoms with Crippen LogP contribution in [0.5, 0.6) is 0 Å². The van der Waals surface area contributed by atoms with Gasteiger partial charge in [0.2, 0.25) is 0 Å². The Morgan fingerprint density at radius 1 is 1.04 bits per heavy atom. The average molecular weight is 344 g/mol. The van der Waals surface area contributed by atoms with E-state index in [9.17, 15) is 9.59 Å². The van der Waals surface area contributed by atoms with Gasteiger partial charge in [-0.15, -0.1) is 0 Å². The van der Waals surface area contributed by atoms with Crippen molar-refractivity contribution in [3.63, 3.8) is 0 Å². The first-order valence-electron chi connectivity index (χ1n) is 10.1. The van der Waals surface area contributed by atoms with E-state index in [2.05, 4.69) is 20.8 Å². The molecule has 0 aromatic heterocycles. The molecule has 0 aliphatic heterocycles. The van der Waals surface area contributed by atoms with E-state index in [0.29, 0.717) is 23.5 Å². The molecule has 0 unspecified atom stereocenters. The van der Waals surface area contributed by atoms with Gasteiger partial charge >= 0.3 is 5.97 Å². The van der Waals surface area contributed by atoms with Crippen molar-refractivity contribution in [2.24, 2.45) is 28.6 Å². The minimum atomic E-state index is -0.311. The molecule has 0 N–H and O–H groups in total. The van der Waals surface area contributed by atoms with Crippen LogP contribution in [0.15, 0.2) is 11.6 Å². The Labute approximate surface area is 151 Å². The van der Waals surface area contributed by atoms with Crippen molar-refractivity contribution in [1.82, 2.24) is 0 Å². The fourth-order valence-electron chi connectivity index (χ4n) is 7.27. The molecule has 0 saturated heterocycles. The van der Waals surface area contributed by atoms with E-state index in [1.165, 1.54) is 24.8 Å². The standard InChI is InChI=1S/C22H32O3/c1-14(23)25-22(4)12-9-19-17-6-5-15-13-16(24)7-10-20(15,2)18(17)8-11-21(19,22)3/h13,17-19H,5-12H2,1-4H3/t17-,18+,19-,20+,21+,22+/m1/s1. The molecule has 3 nitrogen and oxygen atoms in total. The molecule has 0 spiro atoms. The van der Waals surface area contributed by atoms with Crippen LogP contribution in [0, 0.1) is 28.6 Å². The molecule has 0 aromatic carbocycles. The zero-order chi connectivity index (χ0) is 18.0. The summed E-state index contributed by atoms with van der Waals surface area (Å²) in [6.45, 7) is 8.52. The third kappa shape index (κ3) is 2.30. The molecular formula is C22H32O3. The van der Waals surface area contributed by atoms with E-state index >= 15 is 0 Å². The van der Waals surface area contributed by atoms with Gasteiger partial charge in [-0.3, -0.25) is 9.59 Å². The van der Waals surface area contributed by atoms with Crippen molar-refractivity contribution in [3.8, 4) is 0 Å². The Kier molecular flexibility index (Phi) is 3.76. The van der Waals surface area contributed by atoms with Crippen molar-refractivity contribution in [2.45, 2.75) is 84.7 Å². The fourth-order valence-corrected chi connectivity index (χ4v) is 7.27. The van der Waals surface area contributed by atoms with Crippen LogP contribution in [0.2, 0.25) is 0 Å². The van der Waals surface area contributed by atoms with E-state index in [0.717, 1.165) is 32.1 Å². The molecule has 0 aromatic rings. The first kappa shape index (κ1) is 17.3. The molecule has 4 aliphatic rings. The number of rotatable bonds is 1. The van der Waals surface area contributed by atoms with Gasteiger partial charge in [-0.2, -0.15) is 0 Å². The second kappa shape index (κ2) is 5.44. The monoisotopic (exact) mass is 344 g/mol. The van der Waals surface area contributed by atoms with Crippen LogP contribution in [-0.2, 0) is 14.3 Å². The minimum Gasteiger partial charge on any atom is -0.459 e. The summed E-state index contributed by atoms with van der Waals surface area (Å²) in [5.74, 6) is 2.24. The van der Waals surface area contributed by atoms with Crippen LogP contribution in [0.1, 0.15) is 79.1 Å². The van der Waals surface area contributed by atoms with Crippen LogP contribution >= 0.6 is 0 Å². The molecule has 0 heterocycles. The topological polar surface area (TPSA) is 43.4 Å². The summed E-state index contributed by atoms with van der Waals surface area (Å²) >= 11 is 0. The van der Waals surface area contributed by atoms with E-state index in [1.54, 1.807) is 6.92 Å². The molecule has 4 rings (SSSR count). The molecule has 25 heavy (non-hydrogen) atoms. The van der Waals surface area contributed by atoms with Gasteiger partial charge < -0.3 is 4.74 Å². The highest BCUT2D eigenvalue weighted by atomic mass is 16.6. The van der Waals surface area contributed by atoms with Gasteiger partial charge in [-0.1, -0.05) is 19.4 Å². The molecule has 3 saturated carbocycles. The lowest BCUT2D eigenvalue weighted by Gasteiger charge is -2.59. The normalized spacial score (nSPS) is 48.9. The number of ether oxygens (including phenoxy) is 1. The van der Waals surface area contributed by atoms with Gasteiger partial charge in [0.05, 0.1) is 0 Å². The lowest BCUT2D eigenvalue weighted by atomic mass is 9.46. The van der Waals surface area contributed by atoms with Crippen molar-refractivity contribution < 1.29 is 14.3 Å². The Balaban J connectivity index is 1.66. The molecule has 0 bridgehead atoms. The molecule has 138 valence electrons. The van der Waals surface area contributed by atoms with Crippen LogP contribution in [-0.4, -0.2) is 17.4 Å². The van der Waals surface area contributed by atoms with E-state index < -0.39 is 0 Å². The molecule has 0 radical (unpaired) electrons. The molecule has 0 amide bonds. The summed E-state index contributed by atoms with van der Waals surface area (Å²) in [6, 6.07) is 0. The van der Waals surface area contributed by atoms with Crippen molar-refractivity contribution in [1.29, 1.82) is 0 Å². The predicted molar refractivity (Wildman–Crippen MR) is 96.9 cm³/mol. The van der Waals surface area contributed by atoms with Gasteiger partial charge in [0, 0.05) is 18.8 Å². The van der Waals surface area contributed by atoms with Gasteiger partial charge in [-0.25, -0.2) is 0 Å². The SMILES string of the molecule is CC(=O)O[C@@]1(C)CC[C@@H]2[C@@H]3CCC4=CC(=O)CC[C@]4(C)[C@H]3CC[C@@]21C. The summed E-state index contributed by atoms with van der Waals surface area (Å²) in [4.78, 5) is 23.6. The zero-order valence-corrected chi connectivity index (χ0v) is 16.2. The Hall–Kier alpha value is -1.12. The Morgan fingerprint density at radius 2 is 1.76 bits per heavy atom. The molecule has 4 aliphatic carbocycles.